The summed E-state index contributed by atoms with van der Waals surface area (Å²) in [7, 11) is 14.3. The van der Waals surface area contributed by atoms with Gasteiger partial charge in [-0.3, -0.25) is 5.32 Å². The van der Waals surface area contributed by atoms with Crippen LogP contribution in [0.1, 0.15) is 60.7 Å². The predicted molar refractivity (Wildman–Crippen MR) is 267 cm³/mol. The highest BCUT2D eigenvalue weighted by molar-refractivity contribution is 7.26. The Balaban J connectivity index is 1.04. The molecule has 0 spiro atoms. The van der Waals surface area contributed by atoms with Gasteiger partial charge in [-0.1, -0.05) is 146 Å². The zero-order chi connectivity index (χ0) is 43.5. The van der Waals surface area contributed by atoms with Crippen molar-refractivity contribution in [3.05, 3.63) is 202 Å². The topological polar surface area (TPSA) is 70.6 Å². The number of phenolic OH excluding ortho intramolecular Hbond substituents is 1. The van der Waals surface area contributed by atoms with Crippen molar-refractivity contribution in [1.29, 1.82) is 0 Å². The molecular formula is C56H47B2N3OS. The third-order valence-corrected chi connectivity index (χ3v) is 14.8. The van der Waals surface area contributed by atoms with Gasteiger partial charge in [-0.15, -0.1) is 16.8 Å². The lowest BCUT2D eigenvalue weighted by molar-refractivity contribution is 0.474. The molecule has 4 unspecified atom stereocenters. The Morgan fingerprint density at radius 2 is 1.35 bits per heavy atom. The van der Waals surface area contributed by atoms with Gasteiger partial charge in [-0.2, -0.15) is 0 Å². The van der Waals surface area contributed by atoms with E-state index >= 15 is 0 Å². The third kappa shape index (κ3) is 7.04. The van der Waals surface area contributed by atoms with Gasteiger partial charge >= 0.3 is 0 Å². The van der Waals surface area contributed by atoms with Crippen LogP contribution in [0, 0.1) is 12.8 Å². The molecule has 1 heterocycles. The number of hydrogen-bond donors (Lipinski definition) is 3. The molecule has 304 valence electrons. The van der Waals surface area contributed by atoms with Crippen molar-refractivity contribution in [2.75, 3.05) is 0 Å². The molecule has 4 atom stereocenters. The number of nitrogens with zero attached hydrogens (tertiary/aromatic N) is 1. The van der Waals surface area contributed by atoms with Crippen molar-refractivity contribution >= 4 is 58.5 Å². The number of nitrogens with one attached hydrogen (secondary N) is 1. The number of amidine groups is 1. The highest BCUT2D eigenvalue weighted by atomic mass is 32.1. The molecule has 0 bridgehead atoms. The van der Waals surface area contributed by atoms with E-state index in [2.05, 4.69) is 166 Å². The van der Waals surface area contributed by atoms with Gasteiger partial charge in [0.1, 0.15) is 33.4 Å². The minimum absolute atomic E-state index is 0.00437. The standard InChI is InChI=1S/C56H47B2N3OS/c1-31-44-30-45-32(2)53(62)52(58)49(40-20-13-19-39(29-40)36-17-9-6-10-18-36)50(45)48(44)33(3)51(57)47(31)34(4)60-56(38-27-25-37(26-28-38)35-15-7-5-8-16-35)61-55(59)43-23-14-22-42-41-21-11-12-24-46(41)63-54(42)43/h5-29,33-34,48,56,60,62H,30H2,1-4H3,(H2,59,61). The van der Waals surface area contributed by atoms with Crippen molar-refractivity contribution in [2.45, 2.75) is 52.2 Å². The van der Waals surface area contributed by atoms with Crippen LogP contribution in [0.15, 0.2) is 179 Å². The number of aromatic hydroxyl groups is 1. The molecule has 0 saturated heterocycles. The molecule has 63 heavy (non-hydrogen) atoms. The van der Waals surface area contributed by atoms with Crippen LogP contribution in [0.4, 0.5) is 0 Å². The number of nitrogens with two attached hydrogens (primary N) is 1. The lowest BCUT2D eigenvalue weighted by Gasteiger charge is -2.37. The molecule has 8 aromatic rings. The molecule has 4 nitrogen and oxygen atoms in total. The lowest BCUT2D eigenvalue weighted by atomic mass is 9.63. The number of hydrogen-bond acceptors (Lipinski definition) is 4. The summed E-state index contributed by atoms with van der Waals surface area (Å²) in [5.41, 5.74) is 23.3. The van der Waals surface area contributed by atoms with Gasteiger partial charge in [0.2, 0.25) is 0 Å². The molecule has 0 fully saturated rings. The molecule has 7 aromatic carbocycles. The summed E-state index contributed by atoms with van der Waals surface area (Å²) in [6, 6.07) is 52.5. The minimum atomic E-state index is -0.483. The van der Waals surface area contributed by atoms with Gasteiger partial charge in [0.15, 0.2) is 0 Å². The molecule has 2 aliphatic carbocycles. The second kappa shape index (κ2) is 16.4. The Bertz CT molecular complexity index is 3170. The van der Waals surface area contributed by atoms with Crippen molar-refractivity contribution in [2.24, 2.45) is 16.6 Å². The number of fused-ring (bicyclic) bond motifs is 6. The van der Waals surface area contributed by atoms with Crippen LogP contribution in [0.5, 0.6) is 5.75 Å². The zero-order valence-electron chi connectivity index (χ0n) is 36.0. The first-order chi connectivity index (χ1) is 30.6. The number of aliphatic imine (C=N–C) groups is 1. The summed E-state index contributed by atoms with van der Waals surface area (Å²) in [6.45, 7) is 8.61. The molecule has 0 amide bonds. The third-order valence-electron chi connectivity index (χ3n) is 13.5. The number of rotatable bonds is 9. The van der Waals surface area contributed by atoms with E-state index in [1.807, 2.05) is 19.1 Å². The average molecular weight is 832 g/mol. The van der Waals surface area contributed by atoms with Crippen LogP contribution >= 0.6 is 11.3 Å². The SMILES string of the molecule is [B]C1=C(C(C)NC(N=C(N)c2cccc3c2sc2ccccc23)c2ccc(-c3ccccc3)cc2)C(C)=C2Cc3c(C)c(O)c([B])c(-c4cccc(-c5ccccc5)c4)c3C2C1C. The molecule has 4 radical (unpaired) electrons. The fourth-order valence-electron chi connectivity index (χ4n) is 10.3. The van der Waals surface area contributed by atoms with E-state index in [0.717, 1.165) is 71.4 Å². The Labute approximate surface area is 376 Å². The maximum Gasteiger partial charge on any atom is 0.129 e. The van der Waals surface area contributed by atoms with Crippen LogP contribution in [-0.4, -0.2) is 32.7 Å². The van der Waals surface area contributed by atoms with Crippen LogP contribution in [0.25, 0.3) is 53.6 Å². The summed E-state index contributed by atoms with van der Waals surface area (Å²) in [5, 5.41) is 17.9. The lowest BCUT2D eigenvalue weighted by Crippen LogP contribution is -2.36. The van der Waals surface area contributed by atoms with Gasteiger partial charge in [-0.05, 0) is 124 Å². The van der Waals surface area contributed by atoms with E-state index in [-0.39, 0.29) is 23.6 Å². The first-order valence-electron chi connectivity index (χ1n) is 21.7. The fraction of sp³-hybridized carbons (Fsp3) is 0.161. The van der Waals surface area contributed by atoms with Crippen molar-refractivity contribution in [3.8, 4) is 39.1 Å². The van der Waals surface area contributed by atoms with E-state index in [1.54, 1.807) is 11.3 Å². The second-order valence-electron chi connectivity index (χ2n) is 17.1. The normalized spacial score (nSPS) is 17.3. The van der Waals surface area contributed by atoms with Crippen molar-refractivity contribution in [1.82, 2.24) is 5.32 Å². The highest BCUT2D eigenvalue weighted by Gasteiger charge is 2.42. The Morgan fingerprint density at radius 1 is 0.746 bits per heavy atom. The van der Waals surface area contributed by atoms with E-state index in [0.29, 0.717) is 17.7 Å². The summed E-state index contributed by atoms with van der Waals surface area (Å²) >= 11 is 1.75. The minimum Gasteiger partial charge on any atom is -0.508 e. The summed E-state index contributed by atoms with van der Waals surface area (Å²) < 4.78 is 2.35. The number of thiophene rings is 1. The number of phenols is 1. The zero-order valence-corrected chi connectivity index (χ0v) is 36.8. The average Bonchev–Trinajstić information content (AvgIpc) is 3.91. The first kappa shape index (κ1) is 40.7. The fourth-order valence-corrected chi connectivity index (χ4v) is 11.5. The molecular weight excluding hydrogens is 784 g/mol. The molecule has 4 N–H and O–H groups in total. The molecule has 7 heteroatoms. The van der Waals surface area contributed by atoms with E-state index in [4.69, 9.17) is 26.4 Å². The highest BCUT2D eigenvalue weighted by Crippen LogP contribution is 2.55. The largest absolute Gasteiger partial charge is 0.508 e. The van der Waals surface area contributed by atoms with E-state index in [1.165, 1.54) is 32.2 Å². The second-order valence-corrected chi connectivity index (χ2v) is 18.2. The van der Waals surface area contributed by atoms with Gasteiger partial charge in [-0.25, -0.2) is 4.99 Å². The van der Waals surface area contributed by atoms with E-state index < -0.39 is 6.17 Å². The van der Waals surface area contributed by atoms with Crippen LogP contribution < -0.4 is 16.5 Å². The van der Waals surface area contributed by atoms with Crippen LogP contribution in [0.3, 0.4) is 0 Å². The van der Waals surface area contributed by atoms with Crippen molar-refractivity contribution < 1.29 is 5.11 Å². The predicted octanol–water partition coefficient (Wildman–Crippen LogP) is 12.0. The van der Waals surface area contributed by atoms with E-state index in [9.17, 15) is 5.11 Å². The van der Waals surface area contributed by atoms with Crippen LogP contribution in [0.2, 0.25) is 0 Å². The Kier molecular flexibility index (Phi) is 10.6. The maximum atomic E-state index is 11.6. The summed E-state index contributed by atoms with van der Waals surface area (Å²) in [4.78, 5) is 5.32. The maximum absolute atomic E-state index is 11.6. The molecule has 2 aliphatic rings. The van der Waals surface area contributed by atoms with Crippen molar-refractivity contribution in [3.63, 3.8) is 0 Å². The monoisotopic (exact) mass is 831 g/mol. The number of benzene rings is 7. The molecule has 0 saturated carbocycles. The van der Waals surface area contributed by atoms with Gasteiger partial charge in [0.05, 0.1) is 0 Å². The first-order valence-corrected chi connectivity index (χ1v) is 22.5. The Morgan fingerprint density at radius 3 is 2.08 bits per heavy atom. The quantitative estimate of drug-likeness (QED) is 0.0771. The molecule has 0 aliphatic heterocycles. The van der Waals surface area contributed by atoms with Gasteiger partial charge in [0.25, 0.3) is 0 Å². The molecule has 10 rings (SSSR count). The van der Waals surface area contributed by atoms with Gasteiger partial charge < -0.3 is 10.8 Å². The van der Waals surface area contributed by atoms with Gasteiger partial charge in [0, 0.05) is 37.7 Å². The number of allylic oxidation sites excluding steroid dienone is 2. The van der Waals surface area contributed by atoms with Crippen LogP contribution in [-0.2, 0) is 6.42 Å². The summed E-state index contributed by atoms with van der Waals surface area (Å²) in [6.07, 6.45) is 0.225. The smallest absolute Gasteiger partial charge is 0.129 e. The summed E-state index contributed by atoms with van der Waals surface area (Å²) in [5.74, 6) is 0.592. The molecule has 1 aromatic heterocycles. The Hall–Kier alpha value is -6.40.